The van der Waals surface area contributed by atoms with E-state index in [4.69, 9.17) is 30.9 Å². The summed E-state index contributed by atoms with van der Waals surface area (Å²) in [5, 5.41) is 3.90. The summed E-state index contributed by atoms with van der Waals surface area (Å²) in [6.07, 6.45) is 4.81. The molecule has 2 fully saturated rings. The average Bonchev–Trinajstić information content (AvgIpc) is 4.09. The van der Waals surface area contributed by atoms with Crippen LogP contribution >= 0.6 is 22.7 Å². The number of nitrogens with one attached hydrogen (secondary N) is 2. The number of hydrogen-bond acceptors (Lipinski definition) is 10. The molecule has 4 amide bonds. The molecule has 2 aliphatic rings. The van der Waals surface area contributed by atoms with Crippen LogP contribution in [0.4, 0.5) is 9.59 Å². The summed E-state index contributed by atoms with van der Waals surface area (Å²) < 4.78 is 10.7. The highest BCUT2D eigenvalue weighted by Crippen LogP contribution is 2.37. The Bertz CT molecular complexity index is 2520. The number of likely N-dealkylation sites (tertiary alicyclic amines) is 2. The molecule has 2 aliphatic heterocycles. The smallest absolute Gasteiger partial charge is 0.404 e. The van der Waals surface area contributed by atoms with Crippen molar-refractivity contribution < 1.29 is 28.7 Å². The van der Waals surface area contributed by atoms with E-state index in [1.54, 1.807) is 22.7 Å². The van der Waals surface area contributed by atoms with Gasteiger partial charge in [-0.2, -0.15) is 0 Å². The van der Waals surface area contributed by atoms with Gasteiger partial charge in [0.25, 0.3) is 0 Å². The molecule has 8 rings (SSSR count). The highest BCUT2D eigenvalue weighted by molar-refractivity contribution is 7.10. The van der Waals surface area contributed by atoms with Gasteiger partial charge >= 0.3 is 12.2 Å². The second-order valence-corrected chi connectivity index (χ2v) is 18.0. The van der Waals surface area contributed by atoms with Crippen molar-refractivity contribution in [1.29, 1.82) is 0 Å². The number of benzene rings is 2. The Balaban J connectivity index is 0.918. The number of thiophene rings is 2. The number of carbonyl (C=O) groups excluding carboxylic acids is 4. The molecule has 0 saturated carbocycles. The number of nitrogens with two attached hydrogens (primary N) is 2. The van der Waals surface area contributed by atoms with Crippen LogP contribution in [-0.2, 0) is 31.9 Å². The van der Waals surface area contributed by atoms with Crippen LogP contribution in [0.15, 0.2) is 83.8 Å². The summed E-state index contributed by atoms with van der Waals surface area (Å²) in [6, 6.07) is 19.9. The van der Waals surface area contributed by atoms with E-state index in [9.17, 15) is 19.2 Å². The number of nitrogens with zero attached hydrogens (tertiary/aromatic N) is 4. The molecular formula is C46H50N8O6S2. The summed E-state index contributed by atoms with van der Waals surface area (Å²) in [6.45, 7) is 5.43. The van der Waals surface area contributed by atoms with E-state index in [1.165, 1.54) is 0 Å². The van der Waals surface area contributed by atoms with Gasteiger partial charge in [-0.25, -0.2) is 19.6 Å². The van der Waals surface area contributed by atoms with Gasteiger partial charge in [0.2, 0.25) is 11.8 Å². The first-order valence-electron chi connectivity index (χ1n) is 20.9. The normalized spacial score (nSPS) is 17.3. The van der Waals surface area contributed by atoms with Crippen LogP contribution in [0.1, 0.15) is 83.1 Å². The monoisotopic (exact) mass is 874 g/mol. The Kier molecular flexibility index (Phi) is 12.9. The molecule has 4 atom stereocenters. The van der Waals surface area contributed by atoms with Crippen molar-refractivity contribution in [1.82, 2.24) is 29.7 Å². The van der Waals surface area contributed by atoms with Crippen LogP contribution in [0.2, 0.25) is 0 Å². The standard InChI is InChI=1S/C46H50N8O6S2/c1-27-28(2)36(38-26-50-44(52-38)40-10-4-18-54(40)42(56)24-32(60-46(48)58)22-34-8-6-20-62-34)16-15-35(27)29-11-13-30(14-12-29)37-25-49-43(51-37)39-9-3-17-53(39)41(55)23-31(59-45(47)57)21-33-7-5-19-61-33/h5-8,11-16,19-20,25-26,31-32,39-40H,3-4,9-10,17-18,21-24H2,1-2H3,(H2,47,57)(H2,48,58)(H,49,51)(H,50,52)/t31-,32-,39+,40+/m1/s1. The molecule has 6 heterocycles. The maximum Gasteiger partial charge on any atom is 0.404 e. The van der Waals surface area contributed by atoms with Gasteiger partial charge in [0.1, 0.15) is 23.9 Å². The van der Waals surface area contributed by atoms with Crippen LogP contribution in [0, 0.1) is 13.8 Å². The fourth-order valence-electron chi connectivity index (χ4n) is 8.82. The van der Waals surface area contributed by atoms with Crippen LogP contribution < -0.4 is 11.5 Å². The molecule has 0 bridgehead atoms. The zero-order valence-electron chi connectivity index (χ0n) is 34.7. The lowest BCUT2D eigenvalue weighted by Crippen LogP contribution is -2.36. The molecule has 322 valence electrons. The zero-order chi connectivity index (χ0) is 43.3. The van der Waals surface area contributed by atoms with E-state index < -0.39 is 24.4 Å². The number of amides is 4. The summed E-state index contributed by atoms with van der Waals surface area (Å²) in [4.78, 5) is 72.6. The molecule has 4 aromatic heterocycles. The van der Waals surface area contributed by atoms with Gasteiger partial charge in [-0.05, 0) is 90.2 Å². The number of aromatic nitrogens is 4. The molecule has 62 heavy (non-hydrogen) atoms. The predicted octanol–water partition coefficient (Wildman–Crippen LogP) is 8.39. The number of H-pyrrole nitrogens is 2. The molecule has 2 aromatic carbocycles. The first-order valence-corrected chi connectivity index (χ1v) is 22.6. The molecule has 0 unspecified atom stereocenters. The highest BCUT2D eigenvalue weighted by atomic mass is 32.1. The summed E-state index contributed by atoms with van der Waals surface area (Å²) in [7, 11) is 0. The predicted molar refractivity (Wildman–Crippen MR) is 238 cm³/mol. The Morgan fingerprint density at radius 1 is 0.677 bits per heavy atom. The Hall–Kier alpha value is -6.26. The summed E-state index contributed by atoms with van der Waals surface area (Å²) in [5.74, 6) is 1.26. The quantitative estimate of drug-likeness (QED) is 0.0787. The number of imidazole rings is 2. The number of hydrogen-bond donors (Lipinski definition) is 4. The summed E-state index contributed by atoms with van der Waals surface area (Å²) >= 11 is 3.10. The Labute approximate surface area is 367 Å². The molecule has 6 N–H and O–H groups in total. The minimum atomic E-state index is -0.889. The van der Waals surface area contributed by atoms with Gasteiger partial charge in [0.05, 0.1) is 48.7 Å². The lowest BCUT2D eigenvalue weighted by atomic mass is 9.92. The molecule has 0 aliphatic carbocycles. The van der Waals surface area contributed by atoms with Crippen molar-refractivity contribution >= 4 is 46.7 Å². The van der Waals surface area contributed by atoms with Crippen molar-refractivity contribution in [2.75, 3.05) is 13.1 Å². The van der Waals surface area contributed by atoms with E-state index in [1.807, 2.05) is 57.2 Å². The lowest BCUT2D eigenvalue weighted by Gasteiger charge is -2.25. The van der Waals surface area contributed by atoms with Gasteiger partial charge in [0.15, 0.2) is 0 Å². The largest absolute Gasteiger partial charge is 0.445 e. The maximum absolute atomic E-state index is 13.6. The number of carbonyl (C=O) groups is 4. The van der Waals surface area contributed by atoms with Crippen LogP contribution in [-0.4, -0.2) is 79.0 Å². The maximum atomic E-state index is 13.6. The Morgan fingerprint density at radius 2 is 1.15 bits per heavy atom. The second-order valence-electron chi connectivity index (χ2n) is 15.9. The number of rotatable bonds is 15. The molecule has 16 heteroatoms. The van der Waals surface area contributed by atoms with E-state index in [2.05, 4.69) is 60.2 Å². The fourth-order valence-corrected chi connectivity index (χ4v) is 10.4. The average molecular weight is 875 g/mol. The SMILES string of the molecule is Cc1c(-c2ccc(-c3cnc([C@@H]4CCCN4C(=O)C[C@@H](Cc4cccs4)OC(N)=O)[nH]3)cc2)ccc(-c2cnc([C@@H]3CCCN3C(=O)C[C@@H](Cc3cccs3)OC(N)=O)[nH]2)c1C. The molecule has 0 spiro atoms. The third-order valence-corrected chi connectivity index (χ3v) is 13.7. The molecular weight excluding hydrogens is 825 g/mol. The van der Waals surface area contributed by atoms with E-state index in [0.717, 1.165) is 91.9 Å². The minimum absolute atomic E-state index is 0.0473. The van der Waals surface area contributed by atoms with Gasteiger partial charge in [-0.15, -0.1) is 22.7 Å². The van der Waals surface area contributed by atoms with Crippen molar-refractivity contribution in [2.24, 2.45) is 11.5 Å². The van der Waals surface area contributed by atoms with Crippen molar-refractivity contribution in [2.45, 2.75) is 89.5 Å². The summed E-state index contributed by atoms with van der Waals surface area (Å²) in [5.41, 5.74) is 18.9. The number of aromatic amines is 2. The van der Waals surface area contributed by atoms with Crippen LogP contribution in [0.25, 0.3) is 33.6 Å². The van der Waals surface area contributed by atoms with Crippen LogP contribution in [0.3, 0.4) is 0 Å². The molecule has 0 radical (unpaired) electrons. The first kappa shape index (κ1) is 42.4. The second kappa shape index (κ2) is 18.8. The fraction of sp³-hybridized carbons (Fsp3) is 0.348. The Morgan fingerprint density at radius 3 is 1.65 bits per heavy atom. The number of ether oxygens (including phenoxy) is 2. The molecule has 2 saturated heterocycles. The van der Waals surface area contributed by atoms with Crippen molar-refractivity contribution in [3.63, 3.8) is 0 Å². The van der Waals surface area contributed by atoms with Gasteiger partial charge in [-0.3, -0.25) is 9.59 Å². The topological polar surface area (TPSA) is 203 Å². The van der Waals surface area contributed by atoms with Crippen molar-refractivity contribution in [3.05, 3.63) is 116 Å². The van der Waals surface area contributed by atoms with E-state index >= 15 is 0 Å². The van der Waals surface area contributed by atoms with E-state index in [-0.39, 0.29) is 36.7 Å². The van der Waals surface area contributed by atoms with Gasteiger partial charge < -0.3 is 40.7 Å². The highest BCUT2D eigenvalue weighted by Gasteiger charge is 2.35. The molecule has 6 aromatic rings. The number of primary amides is 2. The van der Waals surface area contributed by atoms with E-state index in [0.29, 0.717) is 25.9 Å². The lowest BCUT2D eigenvalue weighted by molar-refractivity contribution is -0.135. The first-order chi connectivity index (χ1) is 30.0. The van der Waals surface area contributed by atoms with Gasteiger partial charge in [-0.1, -0.05) is 48.5 Å². The molecule has 14 nitrogen and oxygen atoms in total. The van der Waals surface area contributed by atoms with Gasteiger partial charge in [0, 0.05) is 41.2 Å². The van der Waals surface area contributed by atoms with Crippen molar-refractivity contribution in [3.8, 4) is 33.6 Å². The third-order valence-electron chi connectivity index (χ3n) is 11.9. The zero-order valence-corrected chi connectivity index (χ0v) is 36.3. The van der Waals surface area contributed by atoms with Crippen LogP contribution in [0.5, 0.6) is 0 Å². The minimum Gasteiger partial charge on any atom is -0.445 e. The third kappa shape index (κ3) is 9.61.